The fourth-order valence-corrected chi connectivity index (χ4v) is 2.50. The number of alkyl halides is 3. The Bertz CT molecular complexity index is 890. The Kier molecular flexibility index (Phi) is 7.33. The fraction of sp³-hybridized carbons (Fsp3) is 0.263. The first-order valence-corrected chi connectivity index (χ1v) is 8.65. The number of ether oxygens (including phenoxy) is 2. The van der Waals surface area contributed by atoms with Crippen molar-refractivity contribution in [3.63, 3.8) is 0 Å². The first kappa shape index (κ1) is 22.4. The lowest BCUT2D eigenvalue weighted by Crippen LogP contribution is -2.37. The van der Waals surface area contributed by atoms with Gasteiger partial charge in [0.1, 0.15) is 11.5 Å². The average Bonchev–Trinajstić information content (AvgIpc) is 2.66. The molecule has 2 amide bonds. The van der Waals surface area contributed by atoms with Gasteiger partial charge in [-0.2, -0.15) is 13.2 Å². The summed E-state index contributed by atoms with van der Waals surface area (Å²) in [7, 11) is 2.87. The van der Waals surface area contributed by atoms with Crippen LogP contribution in [-0.2, 0) is 15.8 Å². The van der Waals surface area contributed by atoms with Gasteiger partial charge in [0.05, 0.1) is 24.2 Å². The van der Waals surface area contributed by atoms with Gasteiger partial charge in [-0.25, -0.2) is 0 Å². The van der Waals surface area contributed by atoms with Gasteiger partial charge < -0.3 is 19.7 Å². The SMILES string of the molecule is COc1cccc(OCC(=O)N(C)CC(=O)Nc2ccc(Cl)c(C(F)(F)F)c2)c1. The van der Waals surface area contributed by atoms with Crippen molar-refractivity contribution in [2.24, 2.45) is 0 Å². The Morgan fingerprint density at radius 2 is 1.83 bits per heavy atom. The highest BCUT2D eigenvalue weighted by Crippen LogP contribution is 2.36. The van der Waals surface area contributed by atoms with E-state index in [1.165, 1.54) is 20.2 Å². The summed E-state index contributed by atoms with van der Waals surface area (Å²) in [6, 6.07) is 9.65. The number of rotatable bonds is 7. The number of carbonyl (C=O) groups excluding carboxylic acids is 2. The number of nitrogens with one attached hydrogen (secondary N) is 1. The summed E-state index contributed by atoms with van der Waals surface area (Å²) in [5.74, 6) is -0.187. The first-order valence-electron chi connectivity index (χ1n) is 8.27. The van der Waals surface area contributed by atoms with Gasteiger partial charge in [-0.05, 0) is 30.3 Å². The zero-order valence-corrected chi connectivity index (χ0v) is 16.3. The standard InChI is InChI=1S/C19H18ClF3N2O4/c1-25(18(27)11-29-14-5-3-4-13(9-14)28-2)10-17(26)24-12-6-7-16(20)15(8-12)19(21,22)23/h3-9H,10-11H2,1-2H3,(H,24,26). The normalized spacial score (nSPS) is 11.0. The molecule has 0 aliphatic rings. The van der Waals surface area contributed by atoms with E-state index in [2.05, 4.69) is 5.32 Å². The number of benzene rings is 2. The summed E-state index contributed by atoms with van der Waals surface area (Å²) in [5.41, 5.74) is -1.15. The predicted molar refractivity (Wildman–Crippen MR) is 101 cm³/mol. The first-order chi connectivity index (χ1) is 13.6. The van der Waals surface area contributed by atoms with Crippen molar-refractivity contribution in [3.05, 3.63) is 53.1 Å². The molecule has 0 radical (unpaired) electrons. The third-order valence-electron chi connectivity index (χ3n) is 3.77. The molecule has 0 spiro atoms. The molecule has 0 heterocycles. The highest BCUT2D eigenvalue weighted by Gasteiger charge is 2.33. The average molecular weight is 431 g/mol. The van der Waals surface area contributed by atoms with Gasteiger partial charge in [0.25, 0.3) is 5.91 Å². The maximum Gasteiger partial charge on any atom is 0.417 e. The Labute approximate surface area is 170 Å². The van der Waals surface area contributed by atoms with Crippen LogP contribution in [0.4, 0.5) is 18.9 Å². The van der Waals surface area contributed by atoms with Gasteiger partial charge in [0, 0.05) is 18.8 Å². The minimum absolute atomic E-state index is 0.0831. The van der Waals surface area contributed by atoms with E-state index in [0.29, 0.717) is 11.5 Å². The molecule has 0 aliphatic heterocycles. The van der Waals surface area contributed by atoms with Crippen LogP contribution in [0.1, 0.15) is 5.56 Å². The Morgan fingerprint density at radius 3 is 2.48 bits per heavy atom. The number of hydrogen-bond acceptors (Lipinski definition) is 4. The van der Waals surface area contributed by atoms with E-state index in [9.17, 15) is 22.8 Å². The minimum Gasteiger partial charge on any atom is -0.497 e. The molecule has 0 saturated carbocycles. The Hall–Kier alpha value is -2.94. The smallest absolute Gasteiger partial charge is 0.417 e. The molecule has 10 heteroatoms. The van der Waals surface area contributed by atoms with Crippen molar-refractivity contribution in [2.45, 2.75) is 6.18 Å². The second kappa shape index (κ2) is 9.51. The molecule has 2 aromatic rings. The molecule has 0 aromatic heterocycles. The lowest BCUT2D eigenvalue weighted by molar-refractivity contribution is -0.137. The zero-order valence-electron chi connectivity index (χ0n) is 15.5. The molecule has 0 bridgehead atoms. The highest BCUT2D eigenvalue weighted by molar-refractivity contribution is 6.31. The predicted octanol–water partition coefficient (Wildman–Crippen LogP) is 3.84. The summed E-state index contributed by atoms with van der Waals surface area (Å²) in [4.78, 5) is 25.3. The summed E-state index contributed by atoms with van der Waals surface area (Å²) in [6.45, 7) is -0.694. The van der Waals surface area contributed by atoms with Crippen molar-refractivity contribution in [3.8, 4) is 11.5 Å². The van der Waals surface area contributed by atoms with E-state index in [-0.39, 0.29) is 18.8 Å². The molecule has 156 valence electrons. The van der Waals surface area contributed by atoms with Gasteiger partial charge in [-0.1, -0.05) is 17.7 Å². The number of carbonyl (C=O) groups is 2. The Balaban J connectivity index is 1.90. The Morgan fingerprint density at radius 1 is 1.14 bits per heavy atom. The summed E-state index contributed by atoms with van der Waals surface area (Å²) in [6.07, 6.45) is -4.65. The maximum absolute atomic E-state index is 12.9. The molecule has 2 rings (SSSR count). The van der Waals surface area contributed by atoms with E-state index in [1.54, 1.807) is 24.3 Å². The number of amides is 2. The molecule has 2 aromatic carbocycles. The number of hydrogen-bond donors (Lipinski definition) is 1. The monoisotopic (exact) mass is 430 g/mol. The van der Waals surface area contributed by atoms with Gasteiger partial charge in [0.2, 0.25) is 5.91 Å². The largest absolute Gasteiger partial charge is 0.497 e. The minimum atomic E-state index is -4.65. The molecule has 29 heavy (non-hydrogen) atoms. The van der Waals surface area contributed by atoms with Gasteiger partial charge in [0.15, 0.2) is 6.61 Å². The molecule has 0 aliphatic carbocycles. The van der Waals surface area contributed by atoms with Crippen molar-refractivity contribution in [1.29, 1.82) is 0 Å². The van der Waals surface area contributed by atoms with Crippen molar-refractivity contribution in [2.75, 3.05) is 32.6 Å². The second-order valence-electron chi connectivity index (χ2n) is 5.96. The molecular formula is C19H18ClF3N2O4. The van der Waals surface area contributed by atoms with Crippen LogP contribution in [0.15, 0.2) is 42.5 Å². The van der Waals surface area contributed by atoms with E-state index < -0.39 is 28.6 Å². The quantitative estimate of drug-likeness (QED) is 0.724. The summed E-state index contributed by atoms with van der Waals surface area (Å²) in [5, 5.41) is 1.83. The molecule has 1 N–H and O–H groups in total. The number of methoxy groups -OCH3 is 1. The maximum atomic E-state index is 12.9. The molecular weight excluding hydrogens is 413 g/mol. The van der Waals surface area contributed by atoms with Crippen LogP contribution in [-0.4, -0.2) is 44.0 Å². The molecule has 0 fully saturated rings. The van der Waals surface area contributed by atoms with E-state index >= 15 is 0 Å². The van der Waals surface area contributed by atoms with E-state index in [1.807, 2.05) is 0 Å². The van der Waals surface area contributed by atoms with Crippen LogP contribution in [0.2, 0.25) is 5.02 Å². The molecule has 0 saturated heterocycles. The van der Waals surface area contributed by atoms with Crippen molar-refractivity contribution in [1.82, 2.24) is 4.90 Å². The van der Waals surface area contributed by atoms with E-state index in [4.69, 9.17) is 21.1 Å². The summed E-state index contributed by atoms with van der Waals surface area (Å²) < 4.78 is 49.1. The number of anilines is 1. The van der Waals surface area contributed by atoms with Gasteiger partial charge in [-0.3, -0.25) is 9.59 Å². The summed E-state index contributed by atoms with van der Waals surface area (Å²) >= 11 is 5.54. The fourth-order valence-electron chi connectivity index (χ4n) is 2.27. The van der Waals surface area contributed by atoms with Gasteiger partial charge in [-0.15, -0.1) is 0 Å². The second-order valence-corrected chi connectivity index (χ2v) is 6.37. The molecule has 0 unspecified atom stereocenters. The number of halogens is 4. The van der Waals surface area contributed by atoms with Crippen LogP contribution in [0, 0.1) is 0 Å². The lowest BCUT2D eigenvalue weighted by atomic mass is 10.2. The highest BCUT2D eigenvalue weighted by atomic mass is 35.5. The van der Waals surface area contributed by atoms with Crippen LogP contribution in [0.5, 0.6) is 11.5 Å². The third-order valence-corrected chi connectivity index (χ3v) is 4.10. The number of likely N-dealkylation sites (N-methyl/N-ethyl adjacent to an activating group) is 1. The van der Waals surface area contributed by atoms with E-state index in [0.717, 1.165) is 17.0 Å². The van der Waals surface area contributed by atoms with Crippen LogP contribution in [0.3, 0.4) is 0 Å². The van der Waals surface area contributed by atoms with Crippen molar-refractivity contribution < 1.29 is 32.2 Å². The lowest BCUT2D eigenvalue weighted by Gasteiger charge is -2.18. The van der Waals surface area contributed by atoms with Crippen LogP contribution >= 0.6 is 11.6 Å². The topological polar surface area (TPSA) is 67.9 Å². The number of nitrogens with zero attached hydrogens (tertiary/aromatic N) is 1. The van der Waals surface area contributed by atoms with Crippen LogP contribution in [0.25, 0.3) is 0 Å². The van der Waals surface area contributed by atoms with Gasteiger partial charge >= 0.3 is 6.18 Å². The molecule has 0 atom stereocenters. The third kappa shape index (κ3) is 6.56. The molecule has 6 nitrogen and oxygen atoms in total. The zero-order chi connectivity index (χ0) is 21.6. The van der Waals surface area contributed by atoms with Crippen LogP contribution < -0.4 is 14.8 Å². The van der Waals surface area contributed by atoms with Crippen molar-refractivity contribution >= 4 is 29.1 Å².